The summed E-state index contributed by atoms with van der Waals surface area (Å²) in [5.41, 5.74) is 1.51. The van der Waals surface area contributed by atoms with E-state index in [0.717, 1.165) is 30.4 Å². The van der Waals surface area contributed by atoms with Gasteiger partial charge in [0.15, 0.2) is 5.65 Å². The molecule has 2 aliphatic rings. The Kier molecular flexibility index (Phi) is 2.72. The molecule has 2 fully saturated rings. The third-order valence-electron chi connectivity index (χ3n) is 4.15. The zero-order valence-electron chi connectivity index (χ0n) is 11.4. The van der Waals surface area contributed by atoms with Crippen LogP contribution < -0.4 is 5.32 Å². The molecule has 2 aliphatic carbocycles. The Morgan fingerprint density at radius 3 is 2.75 bits per heavy atom. The standard InChI is InChI=1S/C15H18N4O/c20-15(16-8-11-3-4-11)12-5-6-13-17-18-14(19(13)9-12)7-10-1-2-10/h5-6,9-11H,1-4,7-8H2,(H,16,20). The molecular weight excluding hydrogens is 252 g/mol. The van der Waals surface area contributed by atoms with E-state index in [1.54, 1.807) is 0 Å². The molecule has 5 nitrogen and oxygen atoms in total. The van der Waals surface area contributed by atoms with Crippen molar-refractivity contribution in [2.24, 2.45) is 11.8 Å². The minimum atomic E-state index is 0.00451. The summed E-state index contributed by atoms with van der Waals surface area (Å²) in [6.07, 6.45) is 7.91. The van der Waals surface area contributed by atoms with E-state index in [0.29, 0.717) is 11.5 Å². The van der Waals surface area contributed by atoms with Gasteiger partial charge in [0.25, 0.3) is 5.91 Å². The van der Waals surface area contributed by atoms with Crippen molar-refractivity contribution in [3.63, 3.8) is 0 Å². The van der Waals surface area contributed by atoms with Gasteiger partial charge in [0.05, 0.1) is 5.56 Å². The monoisotopic (exact) mass is 270 g/mol. The van der Waals surface area contributed by atoms with Crippen molar-refractivity contribution in [1.29, 1.82) is 0 Å². The maximum atomic E-state index is 12.1. The first kappa shape index (κ1) is 11.9. The first-order valence-corrected chi connectivity index (χ1v) is 7.41. The van der Waals surface area contributed by atoms with Crippen LogP contribution in [-0.2, 0) is 6.42 Å². The largest absolute Gasteiger partial charge is 0.352 e. The second kappa shape index (κ2) is 4.58. The van der Waals surface area contributed by atoms with E-state index in [4.69, 9.17) is 0 Å². The van der Waals surface area contributed by atoms with Crippen molar-refractivity contribution in [3.05, 3.63) is 29.7 Å². The van der Waals surface area contributed by atoms with Crippen LogP contribution in [0.1, 0.15) is 41.9 Å². The van der Waals surface area contributed by atoms with Crippen LogP contribution >= 0.6 is 0 Å². The Hall–Kier alpha value is -1.91. The number of nitrogens with one attached hydrogen (secondary N) is 1. The summed E-state index contributed by atoms with van der Waals surface area (Å²) in [5.74, 6) is 2.43. The van der Waals surface area contributed by atoms with E-state index in [1.165, 1.54) is 25.7 Å². The fourth-order valence-electron chi connectivity index (χ4n) is 2.45. The lowest BCUT2D eigenvalue weighted by molar-refractivity contribution is 0.0951. The number of nitrogens with zero attached hydrogens (tertiary/aromatic N) is 3. The highest BCUT2D eigenvalue weighted by Crippen LogP contribution is 2.32. The molecule has 0 aliphatic heterocycles. The molecule has 20 heavy (non-hydrogen) atoms. The highest BCUT2D eigenvalue weighted by molar-refractivity contribution is 5.94. The summed E-state index contributed by atoms with van der Waals surface area (Å²) >= 11 is 0. The SMILES string of the molecule is O=C(NCC1CC1)c1ccc2nnc(CC3CC3)n2c1. The van der Waals surface area contributed by atoms with Crippen molar-refractivity contribution in [3.8, 4) is 0 Å². The van der Waals surface area contributed by atoms with Crippen LogP contribution in [0.15, 0.2) is 18.3 Å². The van der Waals surface area contributed by atoms with E-state index in [1.807, 2.05) is 22.7 Å². The van der Waals surface area contributed by atoms with Gasteiger partial charge in [0.2, 0.25) is 0 Å². The average Bonchev–Trinajstić information content (AvgIpc) is 3.36. The third-order valence-corrected chi connectivity index (χ3v) is 4.15. The van der Waals surface area contributed by atoms with Gasteiger partial charge < -0.3 is 5.32 Å². The minimum absolute atomic E-state index is 0.00451. The predicted molar refractivity (Wildman–Crippen MR) is 74.5 cm³/mol. The van der Waals surface area contributed by atoms with Gasteiger partial charge in [-0.05, 0) is 49.7 Å². The molecule has 2 aromatic rings. The molecule has 0 spiro atoms. The lowest BCUT2D eigenvalue weighted by Crippen LogP contribution is -2.25. The Labute approximate surface area is 117 Å². The molecule has 2 aromatic heterocycles. The number of pyridine rings is 1. The van der Waals surface area contributed by atoms with Crippen LogP contribution in [0.25, 0.3) is 5.65 Å². The van der Waals surface area contributed by atoms with Gasteiger partial charge in [0, 0.05) is 19.2 Å². The van der Waals surface area contributed by atoms with Crippen molar-refractivity contribution in [1.82, 2.24) is 19.9 Å². The molecule has 5 heteroatoms. The molecule has 0 radical (unpaired) electrons. The molecule has 0 bridgehead atoms. The highest BCUT2D eigenvalue weighted by Gasteiger charge is 2.24. The number of amides is 1. The molecule has 0 saturated heterocycles. The fraction of sp³-hybridized carbons (Fsp3) is 0.533. The van der Waals surface area contributed by atoms with E-state index in [2.05, 4.69) is 15.5 Å². The molecule has 104 valence electrons. The molecule has 1 N–H and O–H groups in total. The van der Waals surface area contributed by atoms with Gasteiger partial charge in [-0.2, -0.15) is 0 Å². The molecule has 2 heterocycles. The summed E-state index contributed by atoms with van der Waals surface area (Å²) in [7, 11) is 0. The Bertz CT molecular complexity index is 655. The van der Waals surface area contributed by atoms with Gasteiger partial charge in [-0.1, -0.05) is 0 Å². The number of aromatic nitrogens is 3. The first-order valence-electron chi connectivity index (χ1n) is 7.41. The second-order valence-electron chi connectivity index (χ2n) is 6.06. The maximum absolute atomic E-state index is 12.1. The van der Waals surface area contributed by atoms with Crippen LogP contribution in [0.5, 0.6) is 0 Å². The van der Waals surface area contributed by atoms with E-state index < -0.39 is 0 Å². The van der Waals surface area contributed by atoms with Gasteiger partial charge in [-0.15, -0.1) is 10.2 Å². The van der Waals surface area contributed by atoms with E-state index in [-0.39, 0.29) is 5.91 Å². The smallest absolute Gasteiger partial charge is 0.252 e. The van der Waals surface area contributed by atoms with Gasteiger partial charge in [0.1, 0.15) is 5.82 Å². The Morgan fingerprint density at radius 1 is 1.20 bits per heavy atom. The van der Waals surface area contributed by atoms with Gasteiger partial charge in [-0.3, -0.25) is 9.20 Å². The fourth-order valence-corrected chi connectivity index (χ4v) is 2.45. The number of fused-ring (bicyclic) bond motifs is 1. The van der Waals surface area contributed by atoms with Gasteiger partial charge >= 0.3 is 0 Å². The van der Waals surface area contributed by atoms with Crippen LogP contribution in [0.2, 0.25) is 0 Å². The topological polar surface area (TPSA) is 59.3 Å². The number of hydrogen-bond donors (Lipinski definition) is 1. The van der Waals surface area contributed by atoms with E-state index in [9.17, 15) is 4.79 Å². The summed E-state index contributed by atoms with van der Waals surface area (Å²) in [6, 6.07) is 3.70. The molecule has 4 rings (SSSR count). The van der Waals surface area contributed by atoms with E-state index >= 15 is 0 Å². The Morgan fingerprint density at radius 2 is 2.00 bits per heavy atom. The van der Waals surface area contributed by atoms with Crippen molar-refractivity contribution in [2.45, 2.75) is 32.1 Å². The molecule has 0 atom stereocenters. The van der Waals surface area contributed by atoms with Crippen LogP contribution in [0.3, 0.4) is 0 Å². The minimum Gasteiger partial charge on any atom is -0.352 e. The zero-order chi connectivity index (χ0) is 13.5. The lowest BCUT2D eigenvalue weighted by atomic mass is 10.2. The van der Waals surface area contributed by atoms with Crippen LogP contribution in [-0.4, -0.2) is 27.0 Å². The predicted octanol–water partition coefficient (Wildman–Crippen LogP) is 1.82. The molecule has 2 saturated carbocycles. The molecule has 0 aromatic carbocycles. The van der Waals surface area contributed by atoms with Crippen LogP contribution in [0, 0.1) is 11.8 Å². The molecule has 1 amide bonds. The van der Waals surface area contributed by atoms with Gasteiger partial charge in [-0.25, -0.2) is 0 Å². The summed E-state index contributed by atoms with van der Waals surface area (Å²) in [5, 5.41) is 11.4. The van der Waals surface area contributed by atoms with Crippen molar-refractivity contribution >= 4 is 11.6 Å². The third kappa shape index (κ3) is 2.40. The zero-order valence-corrected chi connectivity index (χ0v) is 11.4. The van der Waals surface area contributed by atoms with Crippen molar-refractivity contribution < 1.29 is 4.79 Å². The molecule has 0 unspecified atom stereocenters. The highest BCUT2D eigenvalue weighted by atomic mass is 16.1. The Balaban J connectivity index is 1.56. The lowest BCUT2D eigenvalue weighted by Gasteiger charge is -2.05. The van der Waals surface area contributed by atoms with Crippen molar-refractivity contribution in [2.75, 3.05) is 6.54 Å². The average molecular weight is 270 g/mol. The maximum Gasteiger partial charge on any atom is 0.252 e. The van der Waals surface area contributed by atoms with Crippen LogP contribution in [0.4, 0.5) is 0 Å². The summed E-state index contributed by atoms with van der Waals surface area (Å²) in [6.45, 7) is 0.800. The normalized spacial score (nSPS) is 18.4. The number of carbonyl (C=O) groups is 1. The quantitative estimate of drug-likeness (QED) is 0.901. The second-order valence-corrected chi connectivity index (χ2v) is 6.06. The molecular formula is C15H18N4O. The summed E-state index contributed by atoms with van der Waals surface area (Å²) < 4.78 is 1.96. The number of rotatable bonds is 5. The number of hydrogen-bond acceptors (Lipinski definition) is 3. The first-order chi connectivity index (χ1) is 9.79. The summed E-state index contributed by atoms with van der Waals surface area (Å²) in [4.78, 5) is 12.1. The number of carbonyl (C=O) groups excluding carboxylic acids is 1.